The summed E-state index contributed by atoms with van der Waals surface area (Å²) in [4.78, 5) is 47.7. The summed E-state index contributed by atoms with van der Waals surface area (Å²) < 4.78 is 0. The Morgan fingerprint density at radius 3 is 2.48 bits per heavy atom. The van der Waals surface area contributed by atoms with Gasteiger partial charge in [-0.15, -0.1) is 0 Å². The van der Waals surface area contributed by atoms with Crippen molar-refractivity contribution in [3.05, 3.63) is 66.3 Å². The number of nitrogens with one attached hydrogen (secondary N) is 3. The lowest BCUT2D eigenvalue weighted by Crippen LogP contribution is -2.25. The molecule has 0 bridgehead atoms. The van der Waals surface area contributed by atoms with Crippen LogP contribution in [-0.2, 0) is 0 Å². The molecule has 11 heteroatoms. The van der Waals surface area contributed by atoms with E-state index in [1.165, 1.54) is 12.1 Å². The predicted octanol–water partition coefficient (Wildman–Crippen LogP) is -0.559. The van der Waals surface area contributed by atoms with Crippen LogP contribution in [0, 0.1) is 10.1 Å². The minimum absolute atomic E-state index is 0.104. The average molecular weight is 319 g/mol. The Bertz CT molecular complexity index is 895. The van der Waals surface area contributed by atoms with Crippen LogP contribution in [0.2, 0.25) is 0 Å². The Hall–Kier alpha value is -3.76. The summed E-state index contributed by atoms with van der Waals surface area (Å²) in [5.74, 6) is -1.39. The maximum Gasteiger partial charge on any atom is 0.328 e. The van der Waals surface area contributed by atoms with Gasteiger partial charge in [0.2, 0.25) is 5.88 Å². The van der Waals surface area contributed by atoms with Gasteiger partial charge in [0.1, 0.15) is 5.56 Å². The first-order valence-corrected chi connectivity index (χ1v) is 6.02. The van der Waals surface area contributed by atoms with Crippen LogP contribution in [0.3, 0.4) is 0 Å². The highest BCUT2D eigenvalue weighted by Crippen LogP contribution is 2.11. The second kappa shape index (κ2) is 6.34. The van der Waals surface area contributed by atoms with Gasteiger partial charge in [0.25, 0.3) is 17.2 Å². The number of rotatable bonds is 4. The molecule has 0 unspecified atom stereocenters. The number of nitrogens with zero attached hydrogens (tertiary/aromatic N) is 2. The number of carbonyl (C=O) groups is 1. The lowest BCUT2D eigenvalue weighted by molar-refractivity contribution is -0.384. The smallest absolute Gasteiger partial charge is 0.328 e. The first-order chi connectivity index (χ1) is 10.9. The molecule has 0 radical (unpaired) electrons. The molecule has 1 aromatic heterocycles. The molecule has 0 atom stereocenters. The molecule has 0 fully saturated rings. The van der Waals surface area contributed by atoms with Crippen molar-refractivity contribution in [1.82, 2.24) is 15.4 Å². The van der Waals surface area contributed by atoms with Crippen molar-refractivity contribution in [2.45, 2.75) is 0 Å². The molecule has 0 aliphatic carbocycles. The summed E-state index contributed by atoms with van der Waals surface area (Å²) in [6, 6.07) is 4.76. The van der Waals surface area contributed by atoms with Crippen molar-refractivity contribution < 1.29 is 14.8 Å². The van der Waals surface area contributed by atoms with Gasteiger partial charge in [0, 0.05) is 17.7 Å². The van der Waals surface area contributed by atoms with Gasteiger partial charge in [-0.05, 0) is 12.1 Å². The molecule has 1 heterocycles. The number of nitro groups is 1. The fraction of sp³-hybridized carbons (Fsp3) is 0. The number of non-ortho nitro benzene ring substituents is 1. The van der Waals surface area contributed by atoms with E-state index in [2.05, 4.69) is 10.5 Å². The number of hydrazone groups is 1. The number of aromatic hydroxyl groups is 1. The van der Waals surface area contributed by atoms with Gasteiger partial charge < -0.3 is 5.11 Å². The van der Waals surface area contributed by atoms with Crippen LogP contribution in [-0.4, -0.2) is 32.1 Å². The monoisotopic (exact) mass is 319 g/mol. The quantitative estimate of drug-likeness (QED) is 0.334. The third kappa shape index (κ3) is 3.66. The maximum absolute atomic E-state index is 11.7. The van der Waals surface area contributed by atoms with Crippen molar-refractivity contribution in [3.63, 3.8) is 0 Å². The Kier molecular flexibility index (Phi) is 4.31. The summed E-state index contributed by atoms with van der Waals surface area (Å²) in [7, 11) is 0. The standard InChI is InChI=1S/C12H9N5O6/c18-9(6-1-3-7(4-2-6)17(22)23)16-13-5-8-10(19)14-12(21)15-11(8)20/h1-5H,(H,16,18)(H3,14,15,19,20,21). The number of amides is 1. The van der Waals surface area contributed by atoms with E-state index >= 15 is 0 Å². The molecular formula is C12H9N5O6. The molecule has 0 saturated heterocycles. The molecule has 1 amide bonds. The highest BCUT2D eigenvalue weighted by atomic mass is 16.6. The lowest BCUT2D eigenvalue weighted by Gasteiger charge is -2.00. The molecule has 0 spiro atoms. The van der Waals surface area contributed by atoms with Crippen LogP contribution in [0.1, 0.15) is 15.9 Å². The second-order valence-electron chi connectivity index (χ2n) is 4.17. The van der Waals surface area contributed by atoms with Crippen LogP contribution in [0.4, 0.5) is 5.69 Å². The minimum Gasteiger partial charge on any atom is -0.494 e. The van der Waals surface area contributed by atoms with E-state index in [-0.39, 0.29) is 16.8 Å². The van der Waals surface area contributed by atoms with Crippen molar-refractivity contribution in [2.75, 3.05) is 0 Å². The zero-order valence-electron chi connectivity index (χ0n) is 11.3. The van der Waals surface area contributed by atoms with E-state index in [1.54, 1.807) is 0 Å². The molecule has 4 N–H and O–H groups in total. The Balaban J connectivity index is 2.11. The van der Waals surface area contributed by atoms with Crippen molar-refractivity contribution in [1.29, 1.82) is 0 Å². The third-order valence-electron chi connectivity index (χ3n) is 2.66. The number of hydrogen-bond donors (Lipinski definition) is 4. The molecule has 0 saturated carbocycles. The maximum atomic E-state index is 11.7. The Morgan fingerprint density at radius 2 is 1.91 bits per heavy atom. The number of aromatic nitrogens is 2. The highest BCUT2D eigenvalue weighted by Gasteiger charge is 2.09. The topological polar surface area (TPSA) is 171 Å². The molecule has 2 aromatic rings. The normalized spacial score (nSPS) is 10.6. The zero-order chi connectivity index (χ0) is 17.0. The summed E-state index contributed by atoms with van der Waals surface area (Å²) in [5.41, 5.74) is -0.129. The highest BCUT2D eigenvalue weighted by molar-refractivity contribution is 5.95. The number of nitro benzene ring substituents is 1. The van der Waals surface area contributed by atoms with Crippen molar-refractivity contribution in [2.24, 2.45) is 5.10 Å². The fourth-order valence-electron chi connectivity index (χ4n) is 1.56. The molecular weight excluding hydrogens is 310 g/mol. The van der Waals surface area contributed by atoms with Crippen molar-refractivity contribution >= 4 is 17.8 Å². The summed E-state index contributed by atoms with van der Waals surface area (Å²) >= 11 is 0. The molecule has 118 valence electrons. The number of carbonyl (C=O) groups excluding carboxylic acids is 1. The minimum atomic E-state index is -0.889. The van der Waals surface area contributed by atoms with Gasteiger partial charge in [-0.3, -0.25) is 29.7 Å². The van der Waals surface area contributed by atoms with Crippen LogP contribution < -0.4 is 16.7 Å². The van der Waals surface area contributed by atoms with Gasteiger partial charge in [-0.1, -0.05) is 0 Å². The van der Waals surface area contributed by atoms with Crippen LogP contribution >= 0.6 is 0 Å². The van der Waals surface area contributed by atoms with Gasteiger partial charge in [-0.25, -0.2) is 10.2 Å². The Labute approximate surface area is 126 Å². The molecule has 2 rings (SSSR count). The summed E-state index contributed by atoms with van der Waals surface area (Å²) in [6.45, 7) is 0. The Morgan fingerprint density at radius 1 is 1.26 bits per heavy atom. The van der Waals surface area contributed by atoms with Crippen molar-refractivity contribution in [3.8, 4) is 5.88 Å². The van der Waals surface area contributed by atoms with Gasteiger partial charge >= 0.3 is 5.69 Å². The molecule has 0 aliphatic rings. The largest absolute Gasteiger partial charge is 0.494 e. The third-order valence-corrected chi connectivity index (χ3v) is 2.66. The second-order valence-corrected chi connectivity index (χ2v) is 4.17. The van der Waals surface area contributed by atoms with Crippen LogP contribution in [0.5, 0.6) is 5.88 Å². The first-order valence-electron chi connectivity index (χ1n) is 6.02. The van der Waals surface area contributed by atoms with E-state index in [9.17, 15) is 29.6 Å². The number of H-pyrrole nitrogens is 2. The molecule has 1 aromatic carbocycles. The zero-order valence-corrected chi connectivity index (χ0v) is 11.3. The molecule has 23 heavy (non-hydrogen) atoms. The van der Waals surface area contributed by atoms with Gasteiger partial charge in [0.15, 0.2) is 0 Å². The van der Waals surface area contributed by atoms with E-state index in [0.717, 1.165) is 18.3 Å². The van der Waals surface area contributed by atoms with E-state index < -0.39 is 28.0 Å². The van der Waals surface area contributed by atoms with Crippen LogP contribution in [0.15, 0.2) is 39.0 Å². The summed E-state index contributed by atoms with van der Waals surface area (Å²) in [5, 5.41) is 23.4. The molecule has 0 aliphatic heterocycles. The van der Waals surface area contributed by atoms with E-state index in [4.69, 9.17) is 0 Å². The number of benzene rings is 1. The number of hydrogen-bond acceptors (Lipinski definition) is 7. The van der Waals surface area contributed by atoms with E-state index in [1.807, 2.05) is 9.97 Å². The molecule has 11 nitrogen and oxygen atoms in total. The van der Waals surface area contributed by atoms with E-state index in [0.29, 0.717) is 0 Å². The summed E-state index contributed by atoms with van der Waals surface area (Å²) in [6.07, 6.45) is 0.841. The fourth-order valence-corrected chi connectivity index (χ4v) is 1.56. The van der Waals surface area contributed by atoms with Gasteiger partial charge in [-0.2, -0.15) is 5.10 Å². The number of aromatic amines is 2. The predicted molar refractivity (Wildman–Crippen MR) is 77.5 cm³/mol. The lowest BCUT2D eigenvalue weighted by atomic mass is 10.2. The average Bonchev–Trinajstić information content (AvgIpc) is 2.49. The van der Waals surface area contributed by atoms with Crippen LogP contribution in [0.25, 0.3) is 0 Å². The SMILES string of the molecule is O=C(NN=Cc1c(O)[nH]c(=O)[nH]c1=O)c1ccc([N+](=O)[O-])cc1. The van der Waals surface area contributed by atoms with Gasteiger partial charge in [0.05, 0.1) is 11.1 Å². The first kappa shape index (κ1) is 15.6.